The maximum atomic E-state index is 13.1. The van der Waals surface area contributed by atoms with Gasteiger partial charge in [0, 0.05) is 12.8 Å². The predicted octanol–water partition coefficient (Wildman–Crippen LogP) is -1.60. The van der Waals surface area contributed by atoms with E-state index in [1.807, 2.05) is 0 Å². The molecular formula is C23H35N5O7. The Kier molecular flexibility index (Phi) is 12.4. The van der Waals surface area contributed by atoms with Crippen molar-refractivity contribution in [3.05, 3.63) is 35.9 Å². The molecule has 0 aliphatic carbocycles. The third-order valence-corrected chi connectivity index (χ3v) is 5.54. The lowest BCUT2D eigenvalue weighted by molar-refractivity contribution is -0.143. The fourth-order valence-electron chi connectivity index (χ4n) is 3.19. The molecule has 0 radical (unpaired) electrons. The van der Waals surface area contributed by atoms with E-state index >= 15 is 0 Å². The minimum atomic E-state index is -1.30. The summed E-state index contributed by atoms with van der Waals surface area (Å²) in [7, 11) is 0. The van der Waals surface area contributed by atoms with E-state index in [9.17, 15) is 29.1 Å². The van der Waals surface area contributed by atoms with Crippen molar-refractivity contribution in [2.75, 3.05) is 6.61 Å². The standard InChI is InChI=1S/C23H35N5O7/c1-3-13(2)19(23(34)35)28-22(33)17(11-14-7-5-4-6-8-14)27-21(32)16(9-10-18(25)30)26-20(31)15(24)12-29/h4-8,13,15-17,19,29H,3,9-12,24H2,1-2H3,(H2,25,30)(H,26,31)(H,27,32)(H,28,33)(H,34,35). The summed E-state index contributed by atoms with van der Waals surface area (Å²) in [5.41, 5.74) is 11.4. The van der Waals surface area contributed by atoms with E-state index < -0.39 is 60.4 Å². The number of hydrogen-bond acceptors (Lipinski definition) is 7. The summed E-state index contributed by atoms with van der Waals surface area (Å²) < 4.78 is 0. The van der Waals surface area contributed by atoms with Gasteiger partial charge in [0.25, 0.3) is 0 Å². The van der Waals surface area contributed by atoms with E-state index in [0.29, 0.717) is 12.0 Å². The number of primary amides is 1. The Labute approximate surface area is 203 Å². The van der Waals surface area contributed by atoms with E-state index in [1.165, 1.54) is 0 Å². The number of rotatable bonds is 15. The molecule has 0 spiro atoms. The molecule has 5 atom stereocenters. The van der Waals surface area contributed by atoms with Gasteiger partial charge in [-0.2, -0.15) is 0 Å². The third-order valence-electron chi connectivity index (χ3n) is 5.54. The Morgan fingerprint density at radius 2 is 1.51 bits per heavy atom. The molecule has 0 saturated heterocycles. The first-order valence-electron chi connectivity index (χ1n) is 11.3. The van der Waals surface area contributed by atoms with Crippen LogP contribution in [0.1, 0.15) is 38.7 Å². The molecule has 12 nitrogen and oxygen atoms in total. The first kappa shape index (κ1) is 29.5. The van der Waals surface area contributed by atoms with Gasteiger partial charge in [-0.05, 0) is 17.9 Å². The van der Waals surface area contributed by atoms with Crippen molar-refractivity contribution in [2.45, 2.75) is 63.7 Å². The number of carboxylic acids is 1. The van der Waals surface area contributed by atoms with Crippen LogP contribution in [-0.4, -0.2) is 70.6 Å². The zero-order valence-corrected chi connectivity index (χ0v) is 19.9. The number of hydrogen-bond donors (Lipinski definition) is 7. The molecule has 0 aromatic heterocycles. The summed E-state index contributed by atoms with van der Waals surface area (Å²) in [6, 6.07) is 3.82. The minimum absolute atomic E-state index is 0.0396. The zero-order chi connectivity index (χ0) is 26.5. The molecule has 4 amide bonds. The van der Waals surface area contributed by atoms with Crippen molar-refractivity contribution < 1.29 is 34.2 Å². The van der Waals surface area contributed by atoms with Crippen LogP contribution in [0, 0.1) is 5.92 Å². The molecule has 0 aliphatic rings. The highest BCUT2D eigenvalue weighted by Crippen LogP contribution is 2.10. The Balaban J connectivity index is 3.15. The lowest BCUT2D eigenvalue weighted by Gasteiger charge is -2.26. The topological polar surface area (TPSA) is 214 Å². The maximum absolute atomic E-state index is 13.1. The Morgan fingerprint density at radius 3 is 2.03 bits per heavy atom. The first-order chi connectivity index (χ1) is 16.5. The number of aliphatic hydroxyl groups is 1. The van der Waals surface area contributed by atoms with Crippen molar-refractivity contribution in [3.63, 3.8) is 0 Å². The van der Waals surface area contributed by atoms with Crippen molar-refractivity contribution in [2.24, 2.45) is 17.4 Å². The van der Waals surface area contributed by atoms with Gasteiger partial charge in [-0.1, -0.05) is 50.6 Å². The first-order valence-corrected chi connectivity index (χ1v) is 11.3. The van der Waals surface area contributed by atoms with E-state index in [4.69, 9.17) is 16.6 Å². The molecule has 0 aliphatic heterocycles. The number of benzene rings is 1. The van der Waals surface area contributed by atoms with Gasteiger partial charge in [0.15, 0.2) is 0 Å². The monoisotopic (exact) mass is 493 g/mol. The maximum Gasteiger partial charge on any atom is 0.326 e. The summed E-state index contributed by atoms with van der Waals surface area (Å²) in [5.74, 6) is -4.63. The summed E-state index contributed by atoms with van der Waals surface area (Å²) in [4.78, 5) is 61.2. The number of nitrogens with two attached hydrogens (primary N) is 2. The second-order valence-electron chi connectivity index (χ2n) is 8.32. The molecule has 1 aromatic carbocycles. The number of aliphatic hydroxyl groups excluding tert-OH is 1. The smallest absolute Gasteiger partial charge is 0.326 e. The molecule has 9 N–H and O–H groups in total. The van der Waals surface area contributed by atoms with E-state index in [0.717, 1.165) is 0 Å². The van der Waals surface area contributed by atoms with Crippen LogP contribution in [0.25, 0.3) is 0 Å². The molecule has 1 rings (SSSR count). The van der Waals surface area contributed by atoms with E-state index in [2.05, 4.69) is 16.0 Å². The lowest BCUT2D eigenvalue weighted by Crippen LogP contribution is -2.58. The Hall–Kier alpha value is -3.51. The van der Waals surface area contributed by atoms with Gasteiger partial charge in [-0.25, -0.2) is 4.79 Å². The Bertz CT molecular complexity index is 880. The normalized spacial score (nSPS) is 15.1. The van der Waals surface area contributed by atoms with Crippen LogP contribution in [0.3, 0.4) is 0 Å². The van der Waals surface area contributed by atoms with Gasteiger partial charge in [-0.3, -0.25) is 19.2 Å². The van der Waals surface area contributed by atoms with Crippen LogP contribution < -0.4 is 27.4 Å². The molecule has 35 heavy (non-hydrogen) atoms. The van der Waals surface area contributed by atoms with Gasteiger partial charge in [0.2, 0.25) is 23.6 Å². The largest absolute Gasteiger partial charge is 0.480 e. The van der Waals surface area contributed by atoms with Gasteiger partial charge in [-0.15, -0.1) is 0 Å². The fraction of sp³-hybridized carbons (Fsp3) is 0.522. The van der Waals surface area contributed by atoms with Crippen LogP contribution >= 0.6 is 0 Å². The molecule has 0 bridgehead atoms. The molecule has 1 aromatic rings. The minimum Gasteiger partial charge on any atom is -0.480 e. The molecule has 0 heterocycles. The highest BCUT2D eigenvalue weighted by Gasteiger charge is 2.32. The quantitative estimate of drug-likeness (QED) is 0.151. The van der Waals surface area contributed by atoms with Gasteiger partial charge < -0.3 is 37.6 Å². The second kappa shape index (κ2) is 14.7. The average molecular weight is 494 g/mol. The average Bonchev–Trinajstić information content (AvgIpc) is 2.83. The number of carbonyl (C=O) groups is 5. The molecule has 5 unspecified atom stereocenters. The Morgan fingerprint density at radius 1 is 0.943 bits per heavy atom. The summed E-state index contributed by atoms with van der Waals surface area (Å²) >= 11 is 0. The van der Waals surface area contributed by atoms with Crippen molar-refractivity contribution in [1.82, 2.24) is 16.0 Å². The third kappa shape index (κ3) is 10.1. The lowest BCUT2D eigenvalue weighted by atomic mass is 9.98. The van der Waals surface area contributed by atoms with Crippen molar-refractivity contribution in [3.8, 4) is 0 Å². The summed E-state index contributed by atoms with van der Waals surface area (Å²) in [5, 5.41) is 26.0. The van der Waals surface area contributed by atoms with Crippen LogP contribution in [0.15, 0.2) is 30.3 Å². The zero-order valence-electron chi connectivity index (χ0n) is 19.9. The van der Waals surface area contributed by atoms with Crippen LogP contribution in [0.2, 0.25) is 0 Å². The number of carboxylic acid groups (broad SMARTS) is 1. The molecule has 0 saturated carbocycles. The number of carbonyl (C=O) groups excluding carboxylic acids is 4. The number of amides is 4. The van der Waals surface area contributed by atoms with Crippen molar-refractivity contribution in [1.29, 1.82) is 0 Å². The summed E-state index contributed by atoms with van der Waals surface area (Å²) in [6.45, 7) is 2.81. The molecule has 12 heteroatoms. The number of nitrogens with one attached hydrogen (secondary N) is 3. The predicted molar refractivity (Wildman–Crippen MR) is 127 cm³/mol. The van der Waals surface area contributed by atoms with Crippen molar-refractivity contribution >= 4 is 29.6 Å². The van der Waals surface area contributed by atoms with Crippen LogP contribution in [-0.2, 0) is 30.4 Å². The second-order valence-corrected chi connectivity index (χ2v) is 8.32. The van der Waals surface area contributed by atoms with Gasteiger partial charge >= 0.3 is 5.97 Å². The molecule has 194 valence electrons. The number of aliphatic carboxylic acids is 1. The van der Waals surface area contributed by atoms with Gasteiger partial charge in [0.1, 0.15) is 24.2 Å². The van der Waals surface area contributed by atoms with E-state index in [-0.39, 0.29) is 25.2 Å². The molecule has 0 fully saturated rings. The highest BCUT2D eigenvalue weighted by molar-refractivity contribution is 5.94. The SMILES string of the molecule is CCC(C)C(NC(=O)C(Cc1ccccc1)NC(=O)C(CCC(N)=O)NC(=O)C(N)CO)C(=O)O. The highest BCUT2D eigenvalue weighted by atomic mass is 16.4. The van der Waals surface area contributed by atoms with E-state index in [1.54, 1.807) is 44.2 Å². The van der Waals surface area contributed by atoms with Crippen LogP contribution in [0.5, 0.6) is 0 Å². The summed E-state index contributed by atoms with van der Waals surface area (Å²) in [6.07, 6.45) is 0.129. The van der Waals surface area contributed by atoms with Crippen LogP contribution in [0.4, 0.5) is 0 Å². The van der Waals surface area contributed by atoms with Gasteiger partial charge in [0.05, 0.1) is 6.61 Å². The molecular weight excluding hydrogens is 458 g/mol. The fourth-order valence-corrected chi connectivity index (χ4v) is 3.19.